The van der Waals surface area contributed by atoms with Crippen LogP contribution in [0.5, 0.6) is 0 Å². The van der Waals surface area contributed by atoms with Crippen LogP contribution in [0.3, 0.4) is 0 Å². The third kappa shape index (κ3) is 1.50. The fourth-order valence-electron chi connectivity index (χ4n) is 1.69. The SMILES string of the molecule is O=c1c2n[nH]c(=S)n2ccn1-c1ccccc1. The van der Waals surface area contributed by atoms with Gasteiger partial charge in [0, 0.05) is 18.1 Å². The van der Waals surface area contributed by atoms with Crippen molar-refractivity contribution in [2.75, 3.05) is 0 Å². The average Bonchev–Trinajstić information content (AvgIpc) is 2.74. The van der Waals surface area contributed by atoms with E-state index >= 15 is 0 Å². The third-order valence-corrected chi connectivity index (χ3v) is 2.80. The Bertz CT molecular complexity index is 784. The fraction of sp³-hybridized carbons (Fsp3) is 0. The Labute approximate surface area is 101 Å². The van der Waals surface area contributed by atoms with Crippen molar-refractivity contribution < 1.29 is 0 Å². The molecule has 6 heteroatoms. The van der Waals surface area contributed by atoms with Crippen LogP contribution >= 0.6 is 12.2 Å². The van der Waals surface area contributed by atoms with Gasteiger partial charge in [-0.05, 0) is 24.4 Å². The molecule has 3 aromatic rings. The van der Waals surface area contributed by atoms with Crippen molar-refractivity contribution >= 4 is 17.9 Å². The predicted molar refractivity (Wildman–Crippen MR) is 66.0 cm³/mol. The van der Waals surface area contributed by atoms with Gasteiger partial charge in [0.2, 0.25) is 5.65 Å². The Balaban J connectivity index is 2.37. The molecule has 2 aromatic heterocycles. The van der Waals surface area contributed by atoms with Gasteiger partial charge in [0.15, 0.2) is 4.77 Å². The highest BCUT2D eigenvalue weighted by atomic mass is 32.1. The normalized spacial score (nSPS) is 10.8. The van der Waals surface area contributed by atoms with Crippen LogP contribution in [-0.2, 0) is 0 Å². The number of fused-ring (bicyclic) bond motifs is 1. The standard InChI is InChI=1S/C11H8N4OS/c16-10-9-12-13-11(17)15(9)7-6-14(10)8-4-2-1-3-5-8/h1-7H,(H,13,17). The minimum absolute atomic E-state index is 0.203. The van der Waals surface area contributed by atoms with Gasteiger partial charge in [-0.3, -0.25) is 18.9 Å². The summed E-state index contributed by atoms with van der Waals surface area (Å²) in [6, 6.07) is 9.38. The summed E-state index contributed by atoms with van der Waals surface area (Å²) >= 11 is 5.00. The van der Waals surface area contributed by atoms with Crippen LogP contribution in [0.25, 0.3) is 11.3 Å². The summed E-state index contributed by atoms with van der Waals surface area (Å²) in [6.07, 6.45) is 3.39. The maximum Gasteiger partial charge on any atom is 0.300 e. The lowest BCUT2D eigenvalue weighted by Crippen LogP contribution is -2.19. The summed E-state index contributed by atoms with van der Waals surface area (Å²) in [5.74, 6) is 0. The van der Waals surface area contributed by atoms with Gasteiger partial charge in [-0.25, -0.2) is 0 Å². The summed E-state index contributed by atoms with van der Waals surface area (Å²) in [6.45, 7) is 0. The summed E-state index contributed by atoms with van der Waals surface area (Å²) in [7, 11) is 0. The van der Waals surface area contributed by atoms with Crippen molar-refractivity contribution in [2.24, 2.45) is 0 Å². The third-order valence-electron chi connectivity index (χ3n) is 2.51. The number of H-pyrrole nitrogens is 1. The van der Waals surface area contributed by atoms with Crippen molar-refractivity contribution in [1.29, 1.82) is 0 Å². The summed E-state index contributed by atoms with van der Waals surface area (Å²) < 4.78 is 3.50. The molecule has 2 heterocycles. The molecule has 0 spiro atoms. The Kier molecular flexibility index (Phi) is 2.15. The second kappa shape index (κ2) is 3.67. The molecule has 0 fully saturated rings. The molecule has 1 aromatic carbocycles. The Morgan fingerprint density at radius 1 is 1.18 bits per heavy atom. The molecule has 0 amide bonds. The lowest BCUT2D eigenvalue weighted by Gasteiger charge is -2.04. The van der Waals surface area contributed by atoms with E-state index in [2.05, 4.69) is 10.2 Å². The second-order valence-corrected chi connectivity index (χ2v) is 3.92. The number of rotatable bonds is 1. The first-order valence-corrected chi connectivity index (χ1v) is 5.42. The number of benzene rings is 1. The molecule has 0 aliphatic rings. The van der Waals surface area contributed by atoms with E-state index in [-0.39, 0.29) is 5.56 Å². The van der Waals surface area contributed by atoms with Crippen LogP contribution in [-0.4, -0.2) is 19.2 Å². The van der Waals surface area contributed by atoms with E-state index in [1.807, 2.05) is 30.3 Å². The van der Waals surface area contributed by atoms with E-state index in [9.17, 15) is 4.79 Å². The van der Waals surface area contributed by atoms with Crippen LogP contribution in [0.2, 0.25) is 0 Å². The molecule has 17 heavy (non-hydrogen) atoms. The molecular formula is C11H8N4OS. The van der Waals surface area contributed by atoms with Gasteiger partial charge in [-0.15, -0.1) is 5.10 Å². The number of nitrogens with one attached hydrogen (secondary N) is 1. The van der Waals surface area contributed by atoms with Crippen molar-refractivity contribution in [1.82, 2.24) is 19.2 Å². The molecule has 3 rings (SSSR count). The molecule has 84 valence electrons. The van der Waals surface area contributed by atoms with Crippen molar-refractivity contribution in [2.45, 2.75) is 0 Å². The second-order valence-electron chi connectivity index (χ2n) is 3.53. The van der Waals surface area contributed by atoms with Crippen LogP contribution < -0.4 is 5.56 Å². The van der Waals surface area contributed by atoms with Gasteiger partial charge in [0.25, 0.3) is 0 Å². The zero-order valence-corrected chi connectivity index (χ0v) is 9.52. The minimum atomic E-state index is -0.203. The molecule has 0 saturated carbocycles. The number of nitrogens with zero attached hydrogens (tertiary/aromatic N) is 3. The van der Waals surface area contributed by atoms with Crippen LogP contribution in [0.15, 0.2) is 47.5 Å². The van der Waals surface area contributed by atoms with Gasteiger partial charge in [0.1, 0.15) is 0 Å². The number of aromatic nitrogens is 4. The zero-order chi connectivity index (χ0) is 11.8. The maximum atomic E-state index is 12.2. The summed E-state index contributed by atoms with van der Waals surface area (Å²) in [5.41, 5.74) is 0.890. The molecular weight excluding hydrogens is 236 g/mol. The van der Waals surface area contributed by atoms with Gasteiger partial charge >= 0.3 is 5.56 Å². The molecule has 0 unspecified atom stereocenters. The first kappa shape index (κ1) is 9.98. The smallest absolute Gasteiger partial charge is 0.280 e. The van der Waals surface area contributed by atoms with Gasteiger partial charge in [-0.1, -0.05) is 18.2 Å². The Morgan fingerprint density at radius 3 is 2.71 bits per heavy atom. The lowest BCUT2D eigenvalue weighted by molar-refractivity contribution is 0.947. The Hall–Kier alpha value is -2.21. The molecule has 5 nitrogen and oxygen atoms in total. The van der Waals surface area contributed by atoms with Gasteiger partial charge in [0.05, 0.1) is 0 Å². The summed E-state index contributed by atoms with van der Waals surface area (Å²) in [4.78, 5) is 12.2. The molecule has 0 bridgehead atoms. The van der Waals surface area contributed by atoms with Crippen molar-refractivity contribution in [3.05, 3.63) is 57.9 Å². The van der Waals surface area contributed by atoms with Crippen molar-refractivity contribution in [3.8, 4) is 5.69 Å². The number of aromatic amines is 1. The van der Waals surface area contributed by atoms with E-state index in [1.54, 1.807) is 16.8 Å². The van der Waals surface area contributed by atoms with Crippen LogP contribution in [0.4, 0.5) is 0 Å². The quantitative estimate of drug-likeness (QED) is 0.661. The number of hydrogen-bond acceptors (Lipinski definition) is 3. The molecule has 0 saturated heterocycles. The topological polar surface area (TPSA) is 55.1 Å². The minimum Gasteiger partial charge on any atom is -0.280 e. The first-order chi connectivity index (χ1) is 8.27. The molecule has 0 aliphatic carbocycles. The first-order valence-electron chi connectivity index (χ1n) is 5.01. The largest absolute Gasteiger partial charge is 0.300 e. The number of para-hydroxylation sites is 1. The van der Waals surface area contributed by atoms with E-state index < -0.39 is 0 Å². The maximum absolute atomic E-state index is 12.2. The average molecular weight is 244 g/mol. The Morgan fingerprint density at radius 2 is 1.94 bits per heavy atom. The molecule has 0 atom stereocenters. The monoisotopic (exact) mass is 244 g/mol. The summed E-state index contributed by atoms with van der Waals surface area (Å²) in [5, 5.41) is 6.51. The highest BCUT2D eigenvalue weighted by molar-refractivity contribution is 7.71. The van der Waals surface area contributed by atoms with E-state index in [4.69, 9.17) is 12.2 Å². The predicted octanol–water partition coefficient (Wildman–Crippen LogP) is 1.54. The van der Waals surface area contributed by atoms with E-state index in [0.29, 0.717) is 10.4 Å². The molecule has 0 aliphatic heterocycles. The van der Waals surface area contributed by atoms with E-state index in [1.165, 1.54) is 4.57 Å². The number of hydrogen-bond donors (Lipinski definition) is 1. The van der Waals surface area contributed by atoms with Crippen LogP contribution in [0.1, 0.15) is 0 Å². The molecule has 0 radical (unpaired) electrons. The highest BCUT2D eigenvalue weighted by Crippen LogP contribution is 2.04. The van der Waals surface area contributed by atoms with Gasteiger partial charge < -0.3 is 0 Å². The molecule has 1 N–H and O–H groups in total. The van der Waals surface area contributed by atoms with Gasteiger partial charge in [-0.2, -0.15) is 0 Å². The van der Waals surface area contributed by atoms with Crippen molar-refractivity contribution in [3.63, 3.8) is 0 Å². The fourth-order valence-corrected chi connectivity index (χ4v) is 1.89. The highest BCUT2D eigenvalue weighted by Gasteiger charge is 2.06. The van der Waals surface area contributed by atoms with E-state index in [0.717, 1.165) is 5.69 Å². The zero-order valence-electron chi connectivity index (χ0n) is 8.70. The van der Waals surface area contributed by atoms with Crippen LogP contribution in [0, 0.1) is 4.77 Å². The lowest BCUT2D eigenvalue weighted by atomic mass is 10.3.